The number of hydrogen-bond acceptors (Lipinski definition) is 2. The second-order valence-corrected chi connectivity index (χ2v) is 5.62. The van der Waals surface area contributed by atoms with Crippen LogP contribution in [0.2, 0.25) is 0 Å². The monoisotopic (exact) mass is 327 g/mol. The van der Waals surface area contributed by atoms with Crippen LogP contribution in [0.25, 0.3) is 27.8 Å². The van der Waals surface area contributed by atoms with Gasteiger partial charge in [-0.05, 0) is 37.3 Å². The van der Waals surface area contributed by atoms with Gasteiger partial charge in [-0.1, -0.05) is 18.2 Å². The molecule has 0 radical (unpaired) electrons. The highest BCUT2D eigenvalue weighted by molar-refractivity contribution is 5.82. The SMILES string of the molecule is Cc1cc2cc(C(F)(F)F)cnc2n1-c1ccc2ccccc2n1. The summed E-state index contributed by atoms with van der Waals surface area (Å²) in [6.45, 7) is 1.83. The Morgan fingerprint density at radius 1 is 0.958 bits per heavy atom. The average Bonchev–Trinajstić information content (AvgIpc) is 2.88. The van der Waals surface area contributed by atoms with Crippen molar-refractivity contribution < 1.29 is 13.2 Å². The van der Waals surface area contributed by atoms with Crippen molar-refractivity contribution in [3.8, 4) is 5.82 Å². The maximum atomic E-state index is 12.9. The van der Waals surface area contributed by atoms with E-state index in [4.69, 9.17) is 0 Å². The number of rotatable bonds is 1. The fourth-order valence-electron chi connectivity index (χ4n) is 2.85. The van der Waals surface area contributed by atoms with Gasteiger partial charge in [0.05, 0.1) is 11.1 Å². The number of aryl methyl sites for hydroxylation is 1. The summed E-state index contributed by atoms with van der Waals surface area (Å²) in [7, 11) is 0. The van der Waals surface area contributed by atoms with E-state index in [9.17, 15) is 13.2 Å². The molecule has 0 aliphatic rings. The second-order valence-electron chi connectivity index (χ2n) is 5.62. The lowest BCUT2D eigenvalue weighted by Crippen LogP contribution is -2.06. The van der Waals surface area contributed by atoms with Crippen LogP contribution >= 0.6 is 0 Å². The number of nitrogens with zero attached hydrogens (tertiary/aromatic N) is 3. The van der Waals surface area contributed by atoms with Crippen LogP contribution in [0.1, 0.15) is 11.3 Å². The molecule has 0 spiro atoms. The minimum absolute atomic E-state index is 0.442. The lowest BCUT2D eigenvalue weighted by molar-refractivity contribution is -0.137. The van der Waals surface area contributed by atoms with E-state index in [1.54, 1.807) is 10.6 Å². The van der Waals surface area contributed by atoms with Gasteiger partial charge in [-0.3, -0.25) is 4.57 Å². The van der Waals surface area contributed by atoms with Crippen molar-refractivity contribution in [3.63, 3.8) is 0 Å². The van der Waals surface area contributed by atoms with Gasteiger partial charge in [0, 0.05) is 22.7 Å². The Bertz CT molecular complexity index is 1060. The van der Waals surface area contributed by atoms with Gasteiger partial charge < -0.3 is 0 Å². The second kappa shape index (κ2) is 5.06. The molecule has 0 N–H and O–H groups in total. The van der Waals surface area contributed by atoms with Gasteiger partial charge in [-0.2, -0.15) is 13.2 Å². The number of pyridine rings is 2. The zero-order chi connectivity index (χ0) is 16.9. The van der Waals surface area contributed by atoms with Crippen LogP contribution in [0.5, 0.6) is 0 Å². The summed E-state index contributed by atoms with van der Waals surface area (Å²) in [5.41, 5.74) is 1.31. The fourth-order valence-corrected chi connectivity index (χ4v) is 2.85. The molecule has 0 bridgehead atoms. The molecule has 3 aromatic heterocycles. The van der Waals surface area contributed by atoms with Crippen molar-refractivity contribution in [3.05, 3.63) is 66.0 Å². The molecule has 6 heteroatoms. The predicted molar refractivity (Wildman–Crippen MR) is 86.1 cm³/mol. The third-order valence-corrected chi connectivity index (χ3v) is 3.96. The fraction of sp³-hybridized carbons (Fsp3) is 0.111. The van der Waals surface area contributed by atoms with Crippen LogP contribution in [0.15, 0.2) is 54.7 Å². The van der Waals surface area contributed by atoms with Gasteiger partial charge in [0.1, 0.15) is 11.5 Å². The highest BCUT2D eigenvalue weighted by Crippen LogP contribution is 2.32. The molecular formula is C18H12F3N3. The largest absolute Gasteiger partial charge is 0.417 e. The molecule has 0 atom stereocenters. The van der Waals surface area contributed by atoms with Gasteiger partial charge in [-0.25, -0.2) is 9.97 Å². The molecule has 0 aliphatic carbocycles. The Labute approximate surface area is 135 Å². The van der Waals surface area contributed by atoms with Crippen LogP contribution in [0.4, 0.5) is 13.2 Å². The van der Waals surface area contributed by atoms with Crippen LogP contribution in [0.3, 0.4) is 0 Å². The van der Waals surface area contributed by atoms with Crippen LogP contribution in [-0.2, 0) is 6.18 Å². The molecule has 0 saturated heterocycles. The van der Waals surface area contributed by atoms with E-state index >= 15 is 0 Å². The van der Waals surface area contributed by atoms with Crippen molar-refractivity contribution >= 4 is 21.9 Å². The molecule has 4 aromatic rings. The first-order valence-electron chi connectivity index (χ1n) is 7.35. The Morgan fingerprint density at radius 2 is 1.75 bits per heavy atom. The van der Waals surface area contributed by atoms with Gasteiger partial charge >= 0.3 is 6.18 Å². The quantitative estimate of drug-likeness (QED) is 0.498. The van der Waals surface area contributed by atoms with Crippen molar-refractivity contribution in [1.29, 1.82) is 0 Å². The number of fused-ring (bicyclic) bond motifs is 2. The number of para-hydroxylation sites is 1. The molecule has 3 heterocycles. The number of alkyl halides is 3. The third kappa shape index (κ3) is 2.31. The molecule has 120 valence electrons. The number of benzene rings is 1. The summed E-state index contributed by atoms with van der Waals surface area (Å²) in [5.74, 6) is 0.633. The number of aromatic nitrogens is 3. The lowest BCUT2D eigenvalue weighted by atomic mass is 10.2. The van der Waals surface area contributed by atoms with E-state index in [2.05, 4.69) is 9.97 Å². The predicted octanol–water partition coefficient (Wildman–Crippen LogP) is 4.90. The van der Waals surface area contributed by atoms with Gasteiger partial charge in [0.2, 0.25) is 0 Å². The maximum absolute atomic E-state index is 12.9. The number of hydrogen-bond donors (Lipinski definition) is 0. The van der Waals surface area contributed by atoms with Gasteiger partial charge in [0.25, 0.3) is 0 Å². The van der Waals surface area contributed by atoms with E-state index in [0.717, 1.165) is 28.9 Å². The van der Waals surface area contributed by atoms with E-state index in [0.29, 0.717) is 16.9 Å². The lowest BCUT2D eigenvalue weighted by Gasteiger charge is -2.09. The van der Waals surface area contributed by atoms with Crippen molar-refractivity contribution in [2.75, 3.05) is 0 Å². The van der Waals surface area contributed by atoms with E-state index < -0.39 is 11.7 Å². The molecule has 0 unspecified atom stereocenters. The molecule has 1 aromatic carbocycles. The minimum atomic E-state index is -4.40. The first-order valence-corrected chi connectivity index (χ1v) is 7.35. The molecule has 4 rings (SSSR count). The summed E-state index contributed by atoms with van der Waals surface area (Å²) in [6.07, 6.45) is -3.54. The summed E-state index contributed by atoms with van der Waals surface area (Å²) in [6, 6.07) is 14.3. The summed E-state index contributed by atoms with van der Waals surface area (Å²) >= 11 is 0. The average molecular weight is 327 g/mol. The highest BCUT2D eigenvalue weighted by Gasteiger charge is 2.31. The summed E-state index contributed by atoms with van der Waals surface area (Å²) in [5, 5.41) is 1.44. The van der Waals surface area contributed by atoms with Crippen LogP contribution in [0, 0.1) is 6.92 Å². The Morgan fingerprint density at radius 3 is 2.54 bits per heavy atom. The summed E-state index contributed by atoms with van der Waals surface area (Å²) in [4.78, 5) is 8.63. The number of halogens is 3. The molecule has 0 amide bonds. The third-order valence-electron chi connectivity index (χ3n) is 3.96. The Hall–Kier alpha value is -2.89. The molecular weight excluding hydrogens is 315 g/mol. The first kappa shape index (κ1) is 14.7. The van der Waals surface area contributed by atoms with Gasteiger partial charge in [0.15, 0.2) is 0 Å². The summed E-state index contributed by atoms with van der Waals surface area (Å²) < 4.78 is 40.4. The van der Waals surface area contributed by atoms with Gasteiger partial charge in [-0.15, -0.1) is 0 Å². The van der Waals surface area contributed by atoms with E-state index in [-0.39, 0.29) is 0 Å². The van der Waals surface area contributed by atoms with Crippen molar-refractivity contribution in [2.45, 2.75) is 13.1 Å². The molecule has 3 nitrogen and oxygen atoms in total. The molecule has 24 heavy (non-hydrogen) atoms. The topological polar surface area (TPSA) is 30.7 Å². The van der Waals surface area contributed by atoms with Crippen LogP contribution in [-0.4, -0.2) is 14.5 Å². The normalized spacial score (nSPS) is 12.2. The maximum Gasteiger partial charge on any atom is 0.417 e. The first-order chi connectivity index (χ1) is 11.4. The molecule has 0 fully saturated rings. The highest BCUT2D eigenvalue weighted by atomic mass is 19.4. The smallest absolute Gasteiger partial charge is 0.283 e. The minimum Gasteiger partial charge on any atom is -0.283 e. The standard InChI is InChI=1S/C18H12F3N3/c1-11-8-13-9-14(18(19,20)21)10-22-17(13)24(11)16-7-6-12-4-2-3-5-15(12)23-16/h2-10H,1H3. The van der Waals surface area contributed by atoms with Crippen molar-refractivity contribution in [2.24, 2.45) is 0 Å². The zero-order valence-corrected chi connectivity index (χ0v) is 12.7. The Kier molecular flexibility index (Phi) is 3.09. The Balaban J connectivity index is 1.93. The van der Waals surface area contributed by atoms with E-state index in [1.807, 2.05) is 43.3 Å². The van der Waals surface area contributed by atoms with E-state index in [1.165, 1.54) is 0 Å². The molecule has 0 aliphatic heterocycles. The molecule has 0 saturated carbocycles. The van der Waals surface area contributed by atoms with Crippen molar-refractivity contribution in [1.82, 2.24) is 14.5 Å². The zero-order valence-electron chi connectivity index (χ0n) is 12.7. The van der Waals surface area contributed by atoms with Crippen LogP contribution < -0.4 is 0 Å².